The summed E-state index contributed by atoms with van der Waals surface area (Å²) in [5.41, 5.74) is 2.19. The summed E-state index contributed by atoms with van der Waals surface area (Å²) in [6.45, 7) is 2.09. The van der Waals surface area contributed by atoms with E-state index in [2.05, 4.69) is 17.0 Å². The minimum atomic E-state index is -0.267. The molecular weight excluding hydrogens is 300 g/mol. The molecule has 0 radical (unpaired) electrons. The third kappa shape index (κ3) is 3.66. The fraction of sp³-hybridized carbons (Fsp3) is 0.350. The highest BCUT2D eigenvalue weighted by atomic mass is 16.5. The number of likely N-dealkylation sites (N-methyl/N-ethyl adjacent to an activating group) is 1. The van der Waals surface area contributed by atoms with E-state index in [4.69, 9.17) is 4.74 Å². The molecule has 0 aromatic heterocycles. The lowest BCUT2D eigenvalue weighted by Gasteiger charge is -2.38. The van der Waals surface area contributed by atoms with Crippen molar-refractivity contribution in [2.45, 2.75) is 12.1 Å². The summed E-state index contributed by atoms with van der Waals surface area (Å²) in [4.78, 5) is 16.7. The number of carbonyl (C=O) groups excluding carboxylic acids is 1. The number of carbonyl (C=O) groups is 1. The molecular formula is C20H24N2O2. The number of ether oxygens (including phenoxy) is 1. The van der Waals surface area contributed by atoms with Gasteiger partial charge in [-0.05, 0) is 11.1 Å². The van der Waals surface area contributed by atoms with Crippen LogP contribution in [0.1, 0.15) is 23.3 Å². The molecule has 126 valence electrons. The molecule has 2 atom stereocenters. The Balaban J connectivity index is 1.86. The molecule has 4 heteroatoms. The van der Waals surface area contributed by atoms with Crippen LogP contribution in [0, 0.1) is 0 Å². The molecule has 0 spiro atoms. The average molecular weight is 324 g/mol. The summed E-state index contributed by atoms with van der Waals surface area (Å²) in [6, 6.07) is 20.0. The molecule has 4 nitrogen and oxygen atoms in total. The zero-order valence-electron chi connectivity index (χ0n) is 14.3. The largest absolute Gasteiger partial charge is 0.371 e. The minimum absolute atomic E-state index is 0.00104. The number of rotatable bonds is 4. The Morgan fingerprint density at radius 1 is 1.08 bits per heavy atom. The topological polar surface area (TPSA) is 32.8 Å². The van der Waals surface area contributed by atoms with Crippen molar-refractivity contribution in [1.82, 2.24) is 9.80 Å². The maximum atomic E-state index is 12.8. The molecule has 1 saturated heterocycles. The van der Waals surface area contributed by atoms with E-state index in [0.717, 1.165) is 17.7 Å². The van der Waals surface area contributed by atoms with E-state index < -0.39 is 0 Å². The first-order valence-electron chi connectivity index (χ1n) is 8.33. The van der Waals surface area contributed by atoms with Gasteiger partial charge in [0.2, 0.25) is 5.91 Å². The Morgan fingerprint density at radius 3 is 2.33 bits per heavy atom. The summed E-state index contributed by atoms with van der Waals surface area (Å²) in [6.07, 6.45) is 0.00104. The van der Waals surface area contributed by atoms with Gasteiger partial charge in [0.05, 0.1) is 12.7 Å². The SMILES string of the molecule is CN(C)C(=O)[C@@H](c1ccccc1)N1CCO[C@H](c2ccccc2)C1. The fourth-order valence-corrected chi connectivity index (χ4v) is 3.16. The van der Waals surface area contributed by atoms with Gasteiger partial charge >= 0.3 is 0 Å². The Labute approximate surface area is 143 Å². The molecule has 2 aromatic rings. The zero-order chi connectivity index (χ0) is 16.9. The van der Waals surface area contributed by atoms with Crippen molar-refractivity contribution >= 4 is 5.91 Å². The Kier molecular flexibility index (Phi) is 5.28. The molecule has 2 aromatic carbocycles. The molecule has 1 aliphatic heterocycles. The minimum Gasteiger partial charge on any atom is -0.371 e. The van der Waals surface area contributed by atoms with Crippen molar-refractivity contribution in [1.29, 1.82) is 0 Å². The second-order valence-electron chi connectivity index (χ2n) is 6.31. The van der Waals surface area contributed by atoms with Gasteiger partial charge in [0.15, 0.2) is 0 Å². The lowest BCUT2D eigenvalue weighted by Crippen LogP contribution is -2.46. The molecule has 1 fully saturated rings. The number of hydrogen-bond acceptors (Lipinski definition) is 3. The van der Waals surface area contributed by atoms with Crippen molar-refractivity contribution in [2.75, 3.05) is 33.8 Å². The molecule has 1 amide bonds. The van der Waals surface area contributed by atoms with E-state index in [1.165, 1.54) is 0 Å². The number of nitrogens with zero attached hydrogens (tertiary/aromatic N) is 2. The molecule has 0 saturated carbocycles. The average Bonchev–Trinajstić information content (AvgIpc) is 2.64. The van der Waals surface area contributed by atoms with Gasteiger partial charge < -0.3 is 9.64 Å². The van der Waals surface area contributed by atoms with Gasteiger partial charge in [0.25, 0.3) is 0 Å². The first-order valence-corrected chi connectivity index (χ1v) is 8.33. The van der Waals surface area contributed by atoms with Crippen molar-refractivity contribution in [3.63, 3.8) is 0 Å². The predicted molar refractivity (Wildman–Crippen MR) is 94.6 cm³/mol. The van der Waals surface area contributed by atoms with Gasteiger partial charge in [-0.15, -0.1) is 0 Å². The third-order valence-electron chi connectivity index (χ3n) is 4.42. The molecule has 24 heavy (non-hydrogen) atoms. The lowest BCUT2D eigenvalue weighted by atomic mass is 10.0. The number of hydrogen-bond donors (Lipinski definition) is 0. The van der Waals surface area contributed by atoms with Crippen LogP contribution in [0.25, 0.3) is 0 Å². The number of benzene rings is 2. The van der Waals surface area contributed by atoms with Gasteiger partial charge in [-0.2, -0.15) is 0 Å². The molecule has 0 aliphatic carbocycles. The zero-order valence-corrected chi connectivity index (χ0v) is 14.3. The van der Waals surface area contributed by atoms with Crippen LogP contribution < -0.4 is 0 Å². The standard InChI is InChI=1S/C20H24N2O2/c1-21(2)20(23)19(17-11-7-4-8-12-17)22-13-14-24-18(15-22)16-9-5-3-6-10-16/h3-12,18-19H,13-15H2,1-2H3/t18-,19+/m0/s1. The second kappa shape index (κ2) is 7.60. The van der Waals surface area contributed by atoms with Crippen LogP contribution in [0.5, 0.6) is 0 Å². The molecule has 0 bridgehead atoms. The highest BCUT2D eigenvalue weighted by Gasteiger charge is 2.33. The maximum absolute atomic E-state index is 12.8. The molecule has 3 rings (SSSR count). The van der Waals surface area contributed by atoms with E-state index in [1.54, 1.807) is 4.90 Å². The normalized spacial score (nSPS) is 19.7. The first-order chi connectivity index (χ1) is 11.7. The van der Waals surface area contributed by atoms with Crippen LogP contribution in [0.15, 0.2) is 60.7 Å². The van der Waals surface area contributed by atoms with Gasteiger partial charge in [0.1, 0.15) is 6.04 Å². The summed E-state index contributed by atoms with van der Waals surface area (Å²) in [5.74, 6) is 0.106. The van der Waals surface area contributed by atoms with Gasteiger partial charge in [-0.1, -0.05) is 60.7 Å². The van der Waals surface area contributed by atoms with Crippen LogP contribution in [0.3, 0.4) is 0 Å². The highest BCUT2D eigenvalue weighted by molar-refractivity contribution is 5.82. The van der Waals surface area contributed by atoms with Crippen LogP contribution >= 0.6 is 0 Å². The van der Waals surface area contributed by atoms with Crippen LogP contribution in [0.2, 0.25) is 0 Å². The molecule has 1 heterocycles. The summed E-state index contributed by atoms with van der Waals surface area (Å²) in [5, 5.41) is 0. The summed E-state index contributed by atoms with van der Waals surface area (Å²) >= 11 is 0. The maximum Gasteiger partial charge on any atom is 0.244 e. The predicted octanol–water partition coefficient (Wildman–Crippen LogP) is 2.89. The smallest absolute Gasteiger partial charge is 0.244 e. The van der Waals surface area contributed by atoms with E-state index in [-0.39, 0.29) is 18.1 Å². The lowest BCUT2D eigenvalue weighted by molar-refractivity contribution is -0.138. The third-order valence-corrected chi connectivity index (χ3v) is 4.42. The van der Waals surface area contributed by atoms with Gasteiger partial charge in [-0.25, -0.2) is 0 Å². The van der Waals surface area contributed by atoms with Crippen LogP contribution in [0.4, 0.5) is 0 Å². The second-order valence-corrected chi connectivity index (χ2v) is 6.31. The van der Waals surface area contributed by atoms with Gasteiger partial charge in [0, 0.05) is 27.2 Å². The summed E-state index contributed by atoms with van der Waals surface area (Å²) < 4.78 is 5.95. The van der Waals surface area contributed by atoms with Crippen molar-refractivity contribution in [2.24, 2.45) is 0 Å². The van der Waals surface area contributed by atoms with Gasteiger partial charge in [-0.3, -0.25) is 9.69 Å². The quantitative estimate of drug-likeness (QED) is 0.867. The van der Waals surface area contributed by atoms with E-state index in [0.29, 0.717) is 13.2 Å². The van der Waals surface area contributed by atoms with E-state index >= 15 is 0 Å². The monoisotopic (exact) mass is 324 g/mol. The number of morpholine rings is 1. The molecule has 0 unspecified atom stereocenters. The summed E-state index contributed by atoms with van der Waals surface area (Å²) in [7, 11) is 3.63. The fourth-order valence-electron chi connectivity index (χ4n) is 3.16. The first kappa shape index (κ1) is 16.7. The Bertz CT molecular complexity index is 658. The van der Waals surface area contributed by atoms with Crippen molar-refractivity contribution < 1.29 is 9.53 Å². The van der Waals surface area contributed by atoms with Crippen LogP contribution in [-0.4, -0.2) is 49.5 Å². The van der Waals surface area contributed by atoms with E-state index in [9.17, 15) is 4.79 Å². The van der Waals surface area contributed by atoms with E-state index in [1.807, 2.05) is 62.6 Å². The van der Waals surface area contributed by atoms with Crippen molar-refractivity contribution in [3.05, 3.63) is 71.8 Å². The Morgan fingerprint density at radius 2 is 1.71 bits per heavy atom. The Hall–Kier alpha value is -2.17. The molecule has 1 aliphatic rings. The highest BCUT2D eigenvalue weighted by Crippen LogP contribution is 2.29. The number of amides is 1. The molecule has 0 N–H and O–H groups in total. The van der Waals surface area contributed by atoms with Crippen LogP contribution in [-0.2, 0) is 9.53 Å². The van der Waals surface area contributed by atoms with Crippen molar-refractivity contribution in [3.8, 4) is 0 Å².